The molecule has 0 bridgehead atoms. The van der Waals surface area contributed by atoms with Crippen LogP contribution in [0.1, 0.15) is 24.2 Å². The zero-order chi connectivity index (χ0) is 25.2. The van der Waals surface area contributed by atoms with Crippen LogP contribution in [0.3, 0.4) is 0 Å². The minimum atomic E-state index is -0.0703. The first-order chi connectivity index (χ1) is 17.4. The minimum Gasteiger partial charge on any atom is -0.496 e. The molecular formula is C27H28N4O5. The van der Waals surface area contributed by atoms with Gasteiger partial charge in [0, 0.05) is 24.2 Å². The molecule has 1 fully saturated rings. The van der Waals surface area contributed by atoms with Crippen molar-refractivity contribution in [2.75, 3.05) is 25.7 Å². The van der Waals surface area contributed by atoms with Crippen LogP contribution < -0.4 is 14.4 Å². The number of anilines is 1. The molecule has 4 aromatic rings. The van der Waals surface area contributed by atoms with Crippen LogP contribution in [0.4, 0.5) is 5.69 Å². The highest BCUT2D eigenvalue weighted by molar-refractivity contribution is 5.96. The SMILES string of the molecule is COC(=N)Cc1ncc(-c2cc3c(OC[C@H]4CCC(=O)N4c4ccc(C)cc4)cc(OC)cc3o2)[nH]1. The van der Waals surface area contributed by atoms with Crippen LogP contribution in [0.15, 0.2) is 53.1 Å². The molecule has 1 atom stereocenters. The Bertz CT molecular complexity index is 1410. The van der Waals surface area contributed by atoms with Crippen molar-refractivity contribution in [2.24, 2.45) is 0 Å². The molecule has 9 nitrogen and oxygen atoms in total. The van der Waals surface area contributed by atoms with Gasteiger partial charge in [0.15, 0.2) is 11.7 Å². The summed E-state index contributed by atoms with van der Waals surface area (Å²) in [5.74, 6) is 2.63. The zero-order valence-electron chi connectivity index (χ0n) is 20.5. The standard InChI is InChI=1S/C27H28N4O5/c1-16-4-6-17(7-5-16)31-18(8-9-27(31)32)15-35-22-10-19(33-2)11-23-20(22)12-24(36-23)21-14-29-26(30-21)13-25(28)34-3/h4-7,10-12,14,18,28H,8-9,13,15H2,1-3H3,(H,29,30)/t18-/m1/s1. The number of aromatic amines is 1. The number of rotatable bonds is 8. The van der Waals surface area contributed by atoms with Crippen LogP contribution >= 0.6 is 0 Å². The number of carbonyl (C=O) groups is 1. The molecule has 3 heterocycles. The fraction of sp³-hybridized carbons (Fsp3) is 0.296. The number of hydrogen-bond donors (Lipinski definition) is 2. The molecule has 1 saturated heterocycles. The number of hydrogen-bond acceptors (Lipinski definition) is 7. The lowest BCUT2D eigenvalue weighted by Crippen LogP contribution is -2.37. The highest BCUT2D eigenvalue weighted by atomic mass is 16.5. The Balaban J connectivity index is 1.40. The van der Waals surface area contributed by atoms with E-state index in [1.165, 1.54) is 7.11 Å². The number of ether oxygens (including phenoxy) is 3. The quantitative estimate of drug-likeness (QED) is 0.270. The van der Waals surface area contributed by atoms with E-state index in [0.717, 1.165) is 23.1 Å². The van der Waals surface area contributed by atoms with Gasteiger partial charge in [-0.05, 0) is 31.5 Å². The lowest BCUT2D eigenvalue weighted by atomic mass is 10.2. The van der Waals surface area contributed by atoms with E-state index in [4.69, 9.17) is 24.0 Å². The van der Waals surface area contributed by atoms with E-state index in [-0.39, 0.29) is 24.3 Å². The highest BCUT2D eigenvalue weighted by Crippen LogP contribution is 2.37. The number of imidazole rings is 1. The molecule has 0 saturated carbocycles. The van der Waals surface area contributed by atoms with Crippen LogP contribution in [0.2, 0.25) is 0 Å². The van der Waals surface area contributed by atoms with Crippen molar-refractivity contribution < 1.29 is 23.4 Å². The molecule has 0 spiro atoms. The highest BCUT2D eigenvalue weighted by Gasteiger charge is 2.33. The Morgan fingerprint density at radius 3 is 2.78 bits per heavy atom. The van der Waals surface area contributed by atoms with Crippen LogP contribution in [-0.4, -0.2) is 48.6 Å². The number of amides is 1. The van der Waals surface area contributed by atoms with Crippen molar-refractivity contribution in [1.82, 2.24) is 9.97 Å². The third-order valence-electron chi connectivity index (χ3n) is 6.35. The van der Waals surface area contributed by atoms with Crippen LogP contribution in [-0.2, 0) is 16.0 Å². The van der Waals surface area contributed by atoms with E-state index >= 15 is 0 Å². The van der Waals surface area contributed by atoms with Gasteiger partial charge in [-0.1, -0.05) is 17.7 Å². The van der Waals surface area contributed by atoms with E-state index < -0.39 is 0 Å². The van der Waals surface area contributed by atoms with Crippen molar-refractivity contribution in [3.05, 3.63) is 60.0 Å². The maximum atomic E-state index is 12.6. The van der Waals surface area contributed by atoms with Gasteiger partial charge in [0.2, 0.25) is 5.91 Å². The number of aromatic nitrogens is 2. The van der Waals surface area contributed by atoms with Crippen LogP contribution in [0.5, 0.6) is 11.5 Å². The molecule has 0 radical (unpaired) electrons. The first-order valence-corrected chi connectivity index (χ1v) is 11.7. The van der Waals surface area contributed by atoms with Gasteiger partial charge < -0.3 is 28.5 Å². The largest absolute Gasteiger partial charge is 0.496 e. The first-order valence-electron chi connectivity index (χ1n) is 11.7. The molecule has 5 rings (SSSR count). The molecule has 1 amide bonds. The van der Waals surface area contributed by atoms with Gasteiger partial charge >= 0.3 is 0 Å². The molecule has 9 heteroatoms. The van der Waals surface area contributed by atoms with Gasteiger partial charge in [-0.15, -0.1) is 0 Å². The lowest BCUT2D eigenvalue weighted by Gasteiger charge is -2.25. The number of fused-ring (bicyclic) bond motifs is 1. The first kappa shape index (κ1) is 23.5. The molecule has 1 aliphatic rings. The fourth-order valence-electron chi connectivity index (χ4n) is 4.40. The maximum absolute atomic E-state index is 12.6. The van der Waals surface area contributed by atoms with Gasteiger partial charge in [0.1, 0.15) is 35.2 Å². The van der Waals surface area contributed by atoms with Crippen molar-refractivity contribution in [1.29, 1.82) is 5.41 Å². The number of methoxy groups -OCH3 is 2. The van der Waals surface area contributed by atoms with Gasteiger partial charge in [-0.2, -0.15) is 0 Å². The summed E-state index contributed by atoms with van der Waals surface area (Å²) in [5.41, 5.74) is 3.32. The molecule has 1 aliphatic heterocycles. The Hall–Kier alpha value is -4.27. The van der Waals surface area contributed by atoms with E-state index in [1.807, 2.05) is 48.2 Å². The smallest absolute Gasteiger partial charge is 0.227 e. The summed E-state index contributed by atoms with van der Waals surface area (Å²) < 4.78 is 22.8. The van der Waals surface area contributed by atoms with Crippen LogP contribution in [0, 0.1) is 12.3 Å². The van der Waals surface area contributed by atoms with Crippen molar-refractivity contribution in [3.8, 4) is 23.0 Å². The summed E-state index contributed by atoms with van der Waals surface area (Å²) in [6, 6.07) is 13.4. The van der Waals surface area contributed by atoms with Gasteiger partial charge in [0.25, 0.3) is 0 Å². The number of benzene rings is 2. The topological polar surface area (TPSA) is 114 Å². The fourth-order valence-corrected chi connectivity index (χ4v) is 4.40. The molecule has 2 aromatic heterocycles. The molecule has 0 aliphatic carbocycles. The Kier molecular flexibility index (Phi) is 6.37. The number of aryl methyl sites for hydroxylation is 1. The summed E-state index contributed by atoms with van der Waals surface area (Å²) in [6.07, 6.45) is 3.14. The minimum absolute atomic E-state index is 0.0703. The molecule has 36 heavy (non-hydrogen) atoms. The average molecular weight is 489 g/mol. The van der Waals surface area contributed by atoms with E-state index in [9.17, 15) is 4.79 Å². The summed E-state index contributed by atoms with van der Waals surface area (Å²) >= 11 is 0. The molecule has 2 N–H and O–H groups in total. The zero-order valence-corrected chi connectivity index (χ0v) is 20.5. The van der Waals surface area contributed by atoms with Crippen LogP contribution in [0.25, 0.3) is 22.4 Å². The van der Waals surface area contributed by atoms with Gasteiger partial charge in [-0.25, -0.2) is 4.98 Å². The predicted octanol–water partition coefficient (Wildman–Crippen LogP) is 4.88. The number of furan rings is 1. The molecular weight excluding hydrogens is 460 g/mol. The van der Waals surface area contributed by atoms with Gasteiger partial charge in [-0.3, -0.25) is 10.2 Å². The number of H-pyrrole nitrogens is 1. The van der Waals surface area contributed by atoms with E-state index in [2.05, 4.69) is 9.97 Å². The average Bonchev–Trinajstić information content (AvgIpc) is 3.61. The maximum Gasteiger partial charge on any atom is 0.227 e. The normalized spacial score (nSPS) is 15.5. The summed E-state index contributed by atoms with van der Waals surface area (Å²) in [7, 11) is 3.05. The second-order valence-corrected chi connectivity index (χ2v) is 8.80. The Morgan fingerprint density at radius 1 is 1.22 bits per heavy atom. The predicted molar refractivity (Wildman–Crippen MR) is 136 cm³/mol. The molecule has 0 unspecified atom stereocenters. The summed E-state index contributed by atoms with van der Waals surface area (Å²) in [5, 5.41) is 8.49. The number of carbonyl (C=O) groups excluding carboxylic acids is 1. The summed E-state index contributed by atoms with van der Waals surface area (Å²) in [6.45, 7) is 2.37. The third-order valence-corrected chi connectivity index (χ3v) is 6.35. The van der Waals surface area contributed by atoms with Crippen molar-refractivity contribution in [3.63, 3.8) is 0 Å². The third kappa shape index (κ3) is 4.64. The van der Waals surface area contributed by atoms with E-state index in [1.54, 1.807) is 19.4 Å². The lowest BCUT2D eigenvalue weighted by molar-refractivity contribution is -0.117. The molecule has 2 aromatic carbocycles. The van der Waals surface area contributed by atoms with E-state index in [0.29, 0.717) is 47.4 Å². The number of nitrogens with zero attached hydrogens (tertiary/aromatic N) is 2. The molecule has 186 valence electrons. The Labute approximate surface area is 208 Å². The second-order valence-electron chi connectivity index (χ2n) is 8.80. The van der Waals surface area contributed by atoms with Crippen molar-refractivity contribution in [2.45, 2.75) is 32.2 Å². The Morgan fingerprint density at radius 2 is 2.03 bits per heavy atom. The van der Waals surface area contributed by atoms with Gasteiger partial charge in [0.05, 0.1) is 38.3 Å². The monoisotopic (exact) mass is 488 g/mol. The summed E-state index contributed by atoms with van der Waals surface area (Å²) in [4.78, 5) is 22.0. The second kappa shape index (κ2) is 9.77. The number of nitrogens with one attached hydrogen (secondary N) is 2. The van der Waals surface area contributed by atoms with Crippen molar-refractivity contribution >= 4 is 28.5 Å².